The third-order valence-electron chi connectivity index (χ3n) is 2.25. The van der Waals surface area contributed by atoms with Crippen molar-refractivity contribution in [3.63, 3.8) is 0 Å². The lowest BCUT2D eigenvalue weighted by atomic mass is 9.97. The van der Waals surface area contributed by atoms with Crippen molar-refractivity contribution in [3.8, 4) is 6.07 Å². The molecule has 0 aromatic carbocycles. The summed E-state index contributed by atoms with van der Waals surface area (Å²) < 4.78 is 0. The minimum atomic E-state index is -0.847. The zero-order valence-electron chi connectivity index (χ0n) is 8.63. The van der Waals surface area contributed by atoms with Crippen molar-refractivity contribution in [2.24, 2.45) is 0 Å². The van der Waals surface area contributed by atoms with Crippen LogP contribution in [0.25, 0.3) is 0 Å². The Morgan fingerprint density at radius 3 is 2.88 bits per heavy atom. The highest BCUT2D eigenvalue weighted by atomic mass is 35.5. The minimum Gasteiger partial charge on any atom is -0.291 e. The van der Waals surface area contributed by atoms with Gasteiger partial charge in [0.2, 0.25) is 0 Å². The van der Waals surface area contributed by atoms with Crippen LogP contribution in [0.1, 0.15) is 21.2 Å². The first kappa shape index (κ1) is 11.8. The molecule has 0 aliphatic rings. The minimum absolute atomic E-state index is 0.277. The van der Waals surface area contributed by atoms with Crippen molar-refractivity contribution in [2.75, 3.05) is 0 Å². The SMILES string of the molecule is N#CC(C(=O)c1sccc1Cl)c1cccnc1. The van der Waals surface area contributed by atoms with Crippen molar-refractivity contribution >= 4 is 28.7 Å². The van der Waals surface area contributed by atoms with Gasteiger partial charge < -0.3 is 0 Å². The van der Waals surface area contributed by atoms with Crippen molar-refractivity contribution in [3.05, 3.63) is 51.4 Å². The van der Waals surface area contributed by atoms with Gasteiger partial charge in [0.25, 0.3) is 0 Å². The highest BCUT2D eigenvalue weighted by Crippen LogP contribution is 2.28. The van der Waals surface area contributed by atoms with Crippen LogP contribution in [-0.4, -0.2) is 10.8 Å². The van der Waals surface area contributed by atoms with Gasteiger partial charge >= 0.3 is 0 Å². The van der Waals surface area contributed by atoms with Gasteiger partial charge in [-0.15, -0.1) is 11.3 Å². The Bertz CT molecular complexity index is 574. The molecule has 0 aliphatic heterocycles. The van der Waals surface area contributed by atoms with Crippen LogP contribution in [-0.2, 0) is 0 Å². The normalized spacial score (nSPS) is 11.8. The Morgan fingerprint density at radius 1 is 1.53 bits per heavy atom. The van der Waals surface area contributed by atoms with E-state index in [-0.39, 0.29) is 5.78 Å². The molecular weight excluding hydrogens is 256 g/mol. The lowest BCUT2D eigenvalue weighted by Crippen LogP contribution is -2.10. The van der Waals surface area contributed by atoms with Gasteiger partial charge in [0.05, 0.1) is 16.0 Å². The number of thiophene rings is 1. The zero-order valence-corrected chi connectivity index (χ0v) is 10.2. The number of aromatic nitrogens is 1. The molecule has 0 aliphatic carbocycles. The van der Waals surface area contributed by atoms with E-state index >= 15 is 0 Å². The summed E-state index contributed by atoms with van der Waals surface area (Å²) in [6.45, 7) is 0. The topological polar surface area (TPSA) is 53.8 Å². The fourth-order valence-electron chi connectivity index (χ4n) is 1.43. The van der Waals surface area contributed by atoms with Gasteiger partial charge in [0, 0.05) is 12.4 Å². The first-order valence-corrected chi connectivity index (χ1v) is 6.06. The Labute approximate surface area is 107 Å². The Kier molecular flexibility index (Phi) is 3.52. The molecule has 2 heterocycles. The number of nitriles is 1. The number of pyridine rings is 1. The molecule has 0 fully saturated rings. The molecule has 84 valence electrons. The molecule has 2 aromatic heterocycles. The largest absolute Gasteiger partial charge is 0.291 e. The van der Waals surface area contributed by atoms with Gasteiger partial charge in [-0.2, -0.15) is 5.26 Å². The lowest BCUT2D eigenvalue weighted by Gasteiger charge is -2.06. The molecular formula is C12H7ClN2OS. The molecule has 0 amide bonds. The van der Waals surface area contributed by atoms with Gasteiger partial charge in [0.1, 0.15) is 5.92 Å². The molecule has 0 spiro atoms. The quantitative estimate of drug-likeness (QED) is 0.798. The van der Waals surface area contributed by atoms with E-state index in [1.54, 1.807) is 29.8 Å². The third kappa shape index (κ3) is 2.36. The molecule has 3 nitrogen and oxygen atoms in total. The molecule has 5 heteroatoms. The highest BCUT2D eigenvalue weighted by Gasteiger charge is 2.24. The molecule has 0 radical (unpaired) electrons. The highest BCUT2D eigenvalue weighted by molar-refractivity contribution is 7.12. The number of hydrogen-bond donors (Lipinski definition) is 0. The second kappa shape index (κ2) is 5.09. The first-order chi connectivity index (χ1) is 8.24. The fraction of sp³-hybridized carbons (Fsp3) is 0.0833. The van der Waals surface area contributed by atoms with Crippen LogP contribution in [0.5, 0.6) is 0 Å². The summed E-state index contributed by atoms with van der Waals surface area (Å²) in [4.78, 5) is 16.5. The average molecular weight is 263 g/mol. The molecule has 17 heavy (non-hydrogen) atoms. The van der Waals surface area contributed by atoms with Gasteiger partial charge in [-0.05, 0) is 23.1 Å². The standard InChI is InChI=1S/C12H7ClN2OS/c13-10-3-5-17-12(10)11(16)9(6-14)8-2-1-4-15-7-8/h1-5,7,9H. The van der Waals surface area contributed by atoms with Gasteiger partial charge in [-0.3, -0.25) is 9.78 Å². The van der Waals surface area contributed by atoms with Gasteiger partial charge in [-0.1, -0.05) is 17.7 Å². The van der Waals surface area contributed by atoms with Crippen molar-refractivity contribution in [1.29, 1.82) is 5.26 Å². The molecule has 2 aromatic rings. The number of Topliss-reactive ketones (excluding diaryl/α,β-unsaturated/α-hetero) is 1. The molecule has 0 saturated heterocycles. The van der Waals surface area contributed by atoms with Crippen LogP contribution in [0.15, 0.2) is 36.0 Å². The van der Waals surface area contributed by atoms with E-state index in [0.717, 1.165) is 0 Å². The third-order valence-corrected chi connectivity index (χ3v) is 3.61. The summed E-state index contributed by atoms with van der Waals surface area (Å²) in [7, 11) is 0. The van der Waals surface area contributed by atoms with Crippen LogP contribution in [0.2, 0.25) is 5.02 Å². The number of carbonyl (C=O) groups is 1. The van der Waals surface area contributed by atoms with Crippen molar-refractivity contribution in [1.82, 2.24) is 4.98 Å². The van der Waals surface area contributed by atoms with Gasteiger partial charge in [-0.25, -0.2) is 0 Å². The summed E-state index contributed by atoms with van der Waals surface area (Å²) in [5, 5.41) is 11.2. The van der Waals surface area contributed by atoms with E-state index < -0.39 is 5.92 Å². The maximum Gasteiger partial charge on any atom is 0.195 e. The molecule has 2 rings (SSSR count). The van der Waals surface area contributed by atoms with Crippen LogP contribution in [0.4, 0.5) is 0 Å². The van der Waals surface area contributed by atoms with Crippen LogP contribution < -0.4 is 0 Å². The van der Waals surface area contributed by atoms with Gasteiger partial charge in [0.15, 0.2) is 5.78 Å². The van der Waals surface area contributed by atoms with E-state index in [1.165, 1.54) is 17.5 Å². The summed E-state index contributed by atoms with van der Waals surface area (Å²) in [6.07, 6.45) is 3.12. The monoisotopic (exact) mass is 262 g/mol. The lowest BCUT2D eigenvalue weighted by molar-refractivity contribution is 0.0983. The number of halogens is 1. The van der Waals surface area contributed by atoms with Crippen molar-refractivity contribution < 1.29 is 4.79 Å². The number of ketones is 1. The summed E-state index contributed by atoms with van der Waals surface area (Å²) in [6, 6.07) is 7.05. The predicted molar refractivity (Wildman–Crippen MR) is 66.3 cm³/mol. The number of carbonyl (C=O) groups excluding carboxylic acids is 1. The van der Waals surface area contributed by atoms with Crippen LogP contribution >= 0.6 is 22.9 Å². The molecule has 0 bridgehead atoms. The first-order valence-electron chi connectivity index (χ1n) is 4.80. The molecule has 1 atom stereocenters. The Morgan fingerprint density at radius 2 is 2.35 bits per heavy atom. The second-order valence-corrected chi connectivity index (χ2v) is 4.63. The molecule has 0 N–H and O–H groups in total. The van der Waals surface area contributed by atoms with E-state index in [4.69, 9.17) is 16.9 Å². The summed E-state index contributed by atoms with van der Waals surface area (Å²) in [5.41, 5.74) is 0.587. The number of nitrogens with zero attached hydrogens (tertiary/aromatic N) is 2. The summed E-state index contributed by atoms with van der Waals surface area (Å²) >= 11 is 7.13. The van der Waals surface area contributed by atoms with Crippen molar-refractivity contribution in [2.45, 2.75) is 5.92 Å². The number of rotatable bonds is 3. The Hall–Kier alpha value is -1.70. The maximum atomic E-state index is 12.1. The van der Waals surface area contributed by atoms with Crippen LogP contribution in [0, 0.1) is 11.3 Å². The Balaban J connectivity index is 2.36. The van der Waals surface area contributed by atoms with Crippen LogP contribution in [0.3, 0.4) is 0 Å². The maximum absolute atomic E-state index is 12.1. The number of hydrogen-bond acceptors (Lipinski definition) is 4. The fourth-order valence-corrected chi connectivity index (χ4v) is 2.55. The molecule has 0 saturated carbocycles. The second-order valence-electron chi connectivity index (χ2n) is 3.31. The van der Waals surface area contributed by atoms with E-state index in [1.807, 2.05) is 6.07 Å². The predicted octanol–water partition coefficient (Wildman–Crippen LogP) is 3.29. The van der Waals surface area contributed by atoms with E-state index in [9.17, 15) is 4.79 Å². The average Bonchev–Trinajstić information content (AvgIpc) is 2.77. The zero-order chi connectivity index (χ0) is 12.3. The molecule has 1 unspecified atom stereocenters. The van der Waals surface area contributed by atoms with E-state index in [2.05, 4.69) is 4.98 Å². The smallest absolute Gasteiger partial charge is 0.195 e. The van der Waals surface area contributed by atoms with E-state index in [0.29, 0.717) is 15.5 Å². The summed E-state index contributed by atoms with van der Waals surface area (Å²) in [5.74, 6) is -1.12.